The molecule has 1 atom stereocenters. The third-order valence-electron chi connectivity index (χ3n) is 3.77. The highest BCUT2D eigenvalue weighted by molar-refractivity contribution is 5.84. The molecule has 138 valence electrons. The molecule has 26 heavy (non-hydrogen) atoms. The van der Waals surface area contributed by atoms with Crippen molar-refractivity contribution in [1.29, 1.82) is 0 Å². The van der Waals surface area contributed by atoms with Crippen molar-refractivity contribution in [2.24, 2.45) is 5.10 Å². The predicted octanol–water partition coefficient (Wildman–Crippen LogP) is 3.70. The lowest BCUT2D eigenvalue weighted by molar-refractivity contribution is -0.120. The first-order valence-corrected chi connectivity index (χ1v) is 8.42. The van der Waals surface area contributed by atoms with Gasteiger partial charge in [0, 0.05) is 0 Å². The standard InChI is InChI=1S/C20H23FN2O3/c1-4-14(2)26-18-10-7-16(11-19(18)25-3)13-22-23-20(24)12-15-5-8-17(21)9-6-15/h5-11,13-14H,4,12H2,1-3H3,(H,23,24)/b22-13+/t14-/m1/s1. The SMILES string of the molecule is CC[C@@H](C)Oc1ccc(/C=N/NC(=O)Cc2ccc(F)cc2)cc1OC. The molecule has 0 bridgehead atoms. The maximum atomic E-state index is 12.9. The number of rotatable bonds is 8. The smallest absolute Gasteiger partial charge is 0.244 e. The summed E-state index contributed by atoms with van der Waals surface area (Å²) in [7, 11) is 1.57. The molecule has 0 saturated heterocycles. The predicted molar refractivity (Wildman–Crippen MR) is 99.2 cm³/mol. The lowest BCUT2D eigenvalue weighted by Gasteiger charge is -2.15. The molecule has 0 aliphatic carbocycles. The van der Waals surface area contributed by atoms with Crippen molar-refractivity contribution >= 4 is 12.1 Å². The van der Waals surface area contributed by atoms with Crippen LogP contribution in [0.15, 0.2) is 47.6 Å². The van der Waals surface area contributed by atoms with Gasteiger partial charge in [-0.05, 0) is 54.8 Å². The van der Waals surface area contributed by atoms with E-state index in [1.54, 1.807) is 25.3 Å². The Kier molecular flexibility index (Phi) is 7.14. The third-order valence-corrected chi connectivity index (χ3v) is 3.77. The maximum absolute atomic E-state index is 12.9. The van der Waals surface area contributed by atoms with Gasteiger partial charge in [0.25, 0.3) is 0 Å². The quantitative estimate of drug-likeness (QED) is 0.578. The van der Waals surface area contributed by atoms with Crippen LogP contribution in [0.4, 0.5) is 4.39 Å². The van der Waals surface area contributed by atoms with E-state index in [0.29, 0.717) is 17.1 Å². The lowest BCUT2D eigenvalue weighted by Crippen LogP contribution is -2.19. The Morgan fingerprint density at radius 2 is 1.96 bits per heavy atom. The average molecular weight is 358 g/mol. The van der Waals surface area contributed by atoms with Crippen LogP contribution in [0.2, 0.25) is 0 Å². The first kappa shape index (κ1) is 19.4. The number of nitrogens with one attached hydrogen (secondary N) is 1. The zero-order chi connectivity index (χ0) is 18.9. The highest BCUT2D eigenvalue weighted by Crippen LogP contribution is 2.28. The third kappa shape index (κ3) is 5.88. The minimum absolute atomic E-state index is 0.0918. The fourth-order valence-electron chi connectivity index (χ4n) is 2.17. The van der Waals surface area contributed by atoms with Gasteiger partial charge in [-0.15, -0.1) is 0 Å². The van der Waals surface area contributed by atoms with Gasteiger partial charge in [-0.3, -0.25) is 4.79 Å². The normalized spacial score (nSPS) is 12.0. The second-order valence-electron chi connectivity index (χ2n) is 5.84. The lowest BCUT2D eigenvalue weighted by atomic mass is 10.1. The van der Waals surface area contributed by atoms with E-state index in [0.717, 1.165) is 12.0 Å². The molecule has 1 N–H and O–H groups in total. The van der Waals surface area contributed by atoms with Gasteiger partial charge in [-0.1, -0.05) is 19.1 Å². The van der Waals surface area contributed by atoms with Gasteiger partial charge in [-0.25, -0.2) is 9.82 Å². The molecule has 2 rings (SSSR count). The summed E-state index contributed by atoms with van der Waals surface area (Å²) in [6.45, 7) is 4.04. The van der Waals surface area contributed by atoms with Gasteiger partial charge in [0.2, 0.25) is 5.91 Å². The van der Waals surface area contributed by atoms with Crippen molar-refractivity contribution in [3.8, 4) is 11.5 Å². The molecular formula is C20H23FN2O3. The Bertz CT molecular complexity index is 760. The first-order chi connectivity index (χ1) is 12.5. The van der Waals surface area contributed by atoms with Gasteiger partial charge in [-0.2, -0.15) is 5.10 Å². The second kappa shape index (κ2) is 9.56. The van der Waals surface area contributed by atoms with Gasteiger partial charge < -0.3 is 9.47 Å². The average Bonchev–Trinajstić information content (AvgIpc) is 2.64. The molecule has 0 spiro atoms. The van der Waals surface area contributed by atoms with Crippen LogP contribution in [0.5, 0.6) is 11.5 Å². The molecule has 1 amide bonds. The van der Waals surface area contributed by atoms with Crippen molar-refractivity contribution in [3.63, 3.8) is 0 Å². The van der Waals surface area contributed by atoms with E-state index in [-0.39, 0.29) is 24.2 Å². The van der Waals surface area contributed by atoms with Crippen LogP contribution in [-0.4, -0.2) is 25.3 Å². The molecule has 0 aromatic heterocycles. The van der Waals surface area contributed by atoms with Crippen LogP contribution in [-0.2, 0) is 11.2 Å². The van der Waals surface area contributed by atoms with Crippen LogP contribution in [0, 0.1) is 5.82 Å². The topological polar surface area (TPSA) is 59.9 Å². The summed E-state index contributed by atoms with van der Waals surface area (Å²) in [5.74, 6) is 0.657. The number of carbonyl (C=O) groups is 1. The maximum Gasteiger partial charge on any atom is 0.244 e. The van der Waals surface area contributed by atoms with E-state index in [9.17, 15) is 9.18 Å². The van der Waals surface area contributed by atoms with Crippen molar-refractivity contribution < 1.29 is 18.7 Å². The van der Waals surface area contributed by atoms with Crippen molar-refractivity contribution in [1.82, 2.24) is 5.43 Å². The Hall–Kier alpha value is -2.89. The number of hydrogen-bond acceptors (Lipinski definition) is 4. The van der Waals surface area contributed by atoms with Gasteiger partial charge in [0.05, 0.1) is 25.8 Å². The molecule has 0 heterocycles. The Morgan fingerprint density at radius 3 is 2.62 bits per heavy atom. The molecule has 0 aliphatic heterocycles. The summed E-state index contributed by atoms with van der Waals surface area (Å²) in [6.07, 6.45) is 2.64. The van der Waals surface area contributed by atoms with Crippen molar-refractivity contribution in [2.75, 3.05) is 7.11 Å². The van der Waals surface area contributed by atoms with E-state index >= 15 is 0 Å². The van der Waals surface area contributed by atoms with E-state index in [1.165, 1.54) is 18.3 Å². The Labute approximate surface area is 152 Å². The van der Waals surface area contributed by atoms with Crippen LogP contribution < -0.4 is 14.9 Å². The molecule has 2 aromatic rings. The summed E-state index contributed by atoms with van der Waals surface area (Å²) in [5, 5.41) is 3.94. The number of benzene rings is 2. The fraction of sp³-hybridized carbons (Fsp3) is 0.300. The second-order valence-corrected chi connectivity index (χ2v) is 5.84. The molecule has 0 aliphatic rings. The monoisotopic (exact) mass is 358 g/mol. The molecular weight excluding hydrogens is 335 g/mol. The summed E-state index contributed by atoms with van der Waals surface area (Å²) in [5.41, 5.74) is 3.93. The van der Waals surface area contributed by atoms with E-state index in [1.807, 2.05) is 26.0 Å². The minimum atomic E-state index is -0.332. The van der Waals surface area contributed by atoms with Gasteiger partial charge in [0.1, 0.15) is 5.82 Å². The van der Waals surface area contributed by atoms with E-state index < -0.39 is 0 Å². The van der Waals surface area contributed by atoms with Crippen molar-refractivity contribution in [3.05, 3.63) is 59.4 Å². The molecule has 2 aromatic carbocycles. The van der Waals surface area contributed by atoms with Gasteiger partial charge in [0.15, 0.2) is 11.5 Å². The summed E-state index contributed by atoms with van der Waals surface area (Å²) >= 11 is 0. The molecule has 0 unspecified atom stereocenters. The molecule has 0 fully saturated rings. The number of nitrogens with zero attached hydrogens (tertiary/aromatic N) is 1. The van der Waals surface area contributed by atoms with E-state index in [2.05, 4.69) is 10.5 Å². The Morgan fingerprint density at radius 1 is 1.23 bits per heavy atom. The number of carbonyl (C=O) groups excluding carboxylic acids is 1. The van der Waals surface area contributed by atoms with Crippen LogP contribution in [0.1, 0.15) is 31.4 Å². The summed E-state index contributed by atoms with van der Waals surface area (Å²) < 4.78 is 24.0. The van der Waals surface area contributed by atoms with E-state index in [4.69, 9.17) is 9.47 Å². The molecule has 0 radical (unpaired) electrons. The van der Waals surface area contributed by atoms with Crippen molar-refractivity contribution in [2.45, 2.75) is 32.8 Å². The summed E-state index contributed by atoms with van der Waals surface area (Å²) in [6, 6.07) is 11.2. The summed E-state index contributed by atoms with van der Waals surface area (Å²) in [4.78, 5) is 11.9. The number of halogens is 1. The number of ether oxygens (including phenoxy) is 2. The molecule has 0 saturated carbocycles. The zero-order valence-corrected chi connectivity index (χ0v) is 15.2. The number of methoxy groups -OCH3 is 1. The van der Waals surface area contributed by atoms with Gasteiger partial charge >= 0.3 is 0 Å². The number of hydrogen-bond donors (Lipinski definition) is 1. The highest BCUT2D eigenvalue weighted by Gasteiger charge is 2.08. The Balaban J connectivity index is 1.94. The van der Waals surface area contributed by atoms with Crippen LogP contribution in [0.25, 0.3) is 0 Å². The number of amides is 1. The minimum Gasteiger partial charge on any atom is -0.493 e. The first-order valence-electron chi connectivity index (χ1n) is 8.42. The molecule has 5 nitrogen and oxygen atoms in total. The fourth-order valence-corrected chi connectivity index (χ4v) is 2.17. The van der Waals surface area contributed by atoms with Crippen LogP contribution >= 0.6 is 0 Å². The van der Waals surface area contributed by atoms with Crippen LogP contribution in [0.3, 0.4) is 0 Å². The number of hydrazone groups is 1. The highest BCUT2D eigenvalue weighted by atomic mass is 19.1. The molecule has 6 heteroatoms. The zero-order valence-electron chi connectivity index (χ0n) is 15.2. The largest absolute Gasteiger partial charge is 0.493 e.